The molecule has 1 aromatic carbocycles. The molecule has 1 aliphatic rings. The summed E-state index contributed by atoms with van der Waals surface area (Å²) in [5.41, 5.74) is 2.11. The van der Waals surface area contributed by atoms with Gasteiger partial charge in [0.1, 0.15) is 0 Å². The minimum Gasteiger partial charge on any atom is -0.478 e. The van der Waals surface area contributed by atoms with Crippen molar-refractivity contribution < 1.29 is 9.90 Å². The molecule has 0 aliphatic carbocycles. The predicted molar refractivity (Wildman–Crippen MR) is 64.4 cm³/mol. The van der Waals surface area contributed by atoms with Gasteiger partial charge >= 0.3 is 5.97 Å². The molecule has 1 aliphatic heterocycles. The zero-order chi connectivity index (χ0) is 11.7. The Morgan fingerprint density at radius 3 is 2.88 bits per heavy atom. The van der Waals surface area contributed by atoms with E-state index in [0.29, 0.717) is 11.6 Å². The summed E-state index contributed by atoms with van der Waals surface area (Å²) >= 11 is 0. The second-order valence-electron chi connectivity index (χ2n) is 4.22. The average molecular weight is 220 g/mol. The highest BCUT2D eigenvalue weighted by Gasteiger charge is 2.24. The molecule has 0 saturated heterocycles. The second kappa shape index (κ2) is 4.04. The van der Waals surface area contributed by atoms with Crippen LogP contribution in [0.5, 0.6) is 0 Å². The Balaban J connectivity index is 2.55. The van der Waals surface area contributed by atoms with Crippen molar-refractivity contribution in [1.82, 2.24) is 0 Å². The van der Waals surface area contributed by atoms with Crippen molar-refractivity contribution in [3.8, 4) is 0 Å². The first kappa shape index (κ1) is 10.8. The van der Waals surface area contributed by atoms with Crippen LogP contribution >= 0.6 is 0 Å². The van der Waals surface area contributed by atoms with Gasteiger partial charge in [-0.15, -0.1) is 0 Å². The van der Waals surface area contributed by atoms with E-state index >= 15 is 0 Å². The number of hydrogen-bond acceptors (Lipinski definition) is 3. The topological polar surface area (TPSA) is 52.6 Å². The molecule has 1 aromatic rings. The standard InChI is InChI=1S/C12H16N2O2/c1-8(2)14-7-6-13-10-5-3-4-9(11(10)14)12(15)16/h3-5,8,13H,6-7H2,1-2H3,(H,15,16). The number of nitrogens with zero attached hydrogens (tertiary/aromatic N) is 1. The Labute approximate surface area is 94.9 Å². The Bertz CT molecular complexity index is 415. The zero-order valence-electron chi connectivity index (χ0n) is 9.53. The van der Waals surface area contributed by atoms with Crippen molar-refractivity contribution >= 4 is 17.3 Å². The van der Waals surface area contributed by atoms with Crippen LogP contribution in [0.15, 0.2) is 18.2 Å². The highest BCUT2D eigenvalue weighted by molar-refractivity contribution is 5.98. The number of fused-ring (bicyclic) bond motifs is 1. The third-order valence-corrected chi connectivity index (χ3v) is 2.85. The highest BCUT2D eigenvalue weighted by Crippen LogP contribution is 2.33. The summed E-state index contributed by atoms with van der Waals surface area (Å²) in [5, 5.41) is 12.4. The van der Waals surface area contributed by atoms with Crippen molar-refractivity contribution in [3.63, 3.8) is 0 Å². The van der Waals surface area contributed by atoms with E-state index < -0.39 is 5.97 Å². The predicted octanol–water partition coefficient (Wildman–Crippen LogP) is 2.03. The van der Waals surface area contributed by atoms with Crippen LogP contribution in [0.4, 0.5) is 11.4 Å². The van der Waals surface area contributed by atoms with E-state index in [1.807, 2.05) is 6.07 Å². The number of carbonyl (C=O) groups is 1. The molecule has 0 saturated carbocycles. The largest absolute Gasteiger partial charge is 0.478 e. The van der Waals surface area contributed by atoms with Gasteiger partial charge in [-0.2, -0.15) is 0 Å². The molecular weight excluding hydrogens is 204 g/mol. The van der Waals surface area contributed by atoms with Crippen LogP contribution in [0.2, 0.25) is 0 Å². The summed E-state index contributed by atoms with van der Waals surface area (Å²) in [4.78, 5) is 13.3. The third kappa shape index (κ3) is 1.71. The minimum absolute atomic E-state index is 0.307. The Hall–Kier alpha value is -1.71. The molecule has 0 unspecified atom stereocenters. The molecule has 4 heteroatoms. The first-order valence-corrected chi connectivity index (χ1v) is 5.48. The number of nitrogens with one attached hydrogen (secondary N) is 1. The van der Waals surface area contributed by atoms with Crippen molar-refractivity contribution in [2.24, 2.45) is 0 Å². The van der Waals surface area contributed by atoms with Gasteiger partial charge in [-0.25, -0.2) is 4.79 Å². The van der Waals surface area contributed by atoms with E-state index in [1.165, 1.54) is 0 Å². The third-order valence-electron chi connectivity index (χ3n) is 2.85. The number of carboxylic acids is 1. The molecular formula is C12H16N2O2. The molecule has 1 heterocycles. The van der Waals surface area contributed by atoms with E-state index in [4.69, 9.17) is 0 Å². The molecule has 0 bridgehead atoms. The zero-order valence-corrected chi connectivity index (χ0v) is 9.53. The maximum Gasteiger partial charge on any atom is 0.337 e. The Morgan fingerprint density at radius 1 is 1.50 bits per heavy atom. The molecule has 2 N–H and O–H groups in total. The molecule has 0 aromatic heterocycles. The van der Waals surface area contributed by atoms with E-state index in [9.17, 15) is 9.90 Å². The number of para-hydroxylation sites is 1. The number of carboxylic acid groups (broad SMARTS) is 1. The van der Waals surface area contributed by atoms with Gasteiger partial charge < -0.3 is 15.3 Å². The van der Waals surface area contributed by atoms with Crippen LogP contribution in [-0.4, -0.2) is 30.2 Å². The molecule has 0 atom stereocenters. The lowest BCUT2D eigenvalue weighted by Gasteiger charge is -2.36. The summed E-state index contributed by atoms with van der Waals surface area (Å²) in [7, 11) is 0. The molecule has 16 heavy (non-hydrogen) atoms. The lowest BCUT2D eigenvalue weighted by atomic mass is 10.1. The van der Waals surface area contributed by atoms with Crippen LogP contribution < -0.4 is 10.2 Å². The molecule has 86 valence electrons. The average Bonchev–Trinajstić information content (AvgIpc) is 2.27. The van der Waals surface area contributed by atoms with Gasteiger partial charge in [0, 0.05) is 19.1 Å². The van der Waals surface area contributed by atoms with Crippen molar-refractivity contribution in [3.05, 3.63) is 23.8 Å². The number of benzene rings is 1. The van der Waals surface area contributed by atoms with Crippen LogP contribution in [0.3, 0.4) is 0 Å². The van der Waals surface area contributed by atoms with Crippen molar-refractivity contribution in [2.75, 3.05) is 23.3 Å². The van der Waals surface area contributed by atoms with E-state index in [1.54, 1.807) is 12.1 Å². The molecule has 2 rings (SSSR count). The van der Waals surface area contributed by atoms with Crippen LogP contribution in [0, 0.1) is 0 Å². The minimum atomic E-state index is -0.869. The SMILES string of the molecule is CC(C)N1CCNc2cccc(C(=O)O)c21. The van der Waals surface area contributed by atoms with Gasteiger partial charge in [-0.3, -0.25) is 0 Å². The lowest BCUT2D eigenvalue weighted by Crippen LogP contribution is -2.40. The summed E-state index contributed by atoms with van der Waals surface area (Å²) < 4.78 is 0. The summed E-state index contributed by atoms with van der Waals surface area (Å²) in [6.45, 7) is 5.85. The van der Waals surface area contributed by atoms with E-state index in [-0.39, 0.29) is 0 Å². The van der Waals surface area contributed by atoms with Gasteiger partial charge in [-0.1, -0.05) is 6.07 Å². The van der Waals surface area contributed by atoms with E-state index in [0.717, 1.165) is 24.5 Å². The lowest BCUT2D eigenvalue weighted by molar-refractivity contribution is 0.0697. The van der Waals surface area contributed by atoms with E-state index in [2.05, 4.69) is 24.1 Å². The quantitative estimate of drug-likeness (QED) is 0.800. The molecule has 0 fully saturated rings. The fourth-order valence-electron chi connectivity index (χ4n) is 2.11. The van der Waals surface area contributed by atoms with Crippen molar-refractivity contribution in [2.45, 2.75) is 19.9 Å². The van der Waals surface area contributed by atoms with Gasteiger partial charge in [0.25, 0.3) is 0 Å². The van der Waals surface area contributed by atoms with Gasteiger partial charge in [0.15, 0.2) is 0 Å². The molecule has 0 radical (unpaired) electrons. The fraction of sp³-hybridized carbons (Fsp3) is 0.417. The molecule has 0 amide bonds. The Kier molecular flexibility index (Phi) is 2.73. The first-order chi connectivity index (χ1) is 7.61. The first-order valence-electron chi connectivity index (χ1n) is 5.48. The number of hydrogen-bond donors (Lipinski definition) is 2. The maximum absolute atomic E-state index is 11.2. The molecule has 0 spiro atoms. The van der Waals surface area contributed by atoms with Crippen molar-refractivity contribution in [1.29, 1.82) is 0 Å². The maximum atomic E-state index is 11.2. The number of rotatable bonds is 2. The Morgan fingerprint density at radius 2 is 2.25 bits per heavy atom. The van der Waals surface area contributed by atoms with Gasteiger partial charge in [0.05, 0.1) is 16.9 Å². The van der Waals surface area contributed by atoms with Crippen LogP contribution in [0.1, 0.15) is 24.2 Å². The molecule has 4 nitrogen and oxygen atoms in total. The van der Waals surface area contributed by atoms with Crippen LogP contribution in [-0.2, 0) is 0 Å². The number of anilines is 2. The highest BCUT2D eigenvalue weighted by atomic mass is 16.4. The van der Waals surface area contributed by atoms with Crippen LogP contribution in [0.25, 0.3) is 0 Å². The van der Waals surface area contributed by atoms with Gasteiger partial charge in [0.2, 0.25) is 0 Å². The summed E-state index contributed by atoms with van der Waals surface area (Å²) in [5.74, 6) is -0.869. The monoisotopic (exact) mass is 220 g/mol. The normalized spacial score (nSPS) is 14.6. The summed E-state index contributed by atoms with van der Waals surface area (Å²) in [6, 6.07) is 5.67. The van der Waals surface area contributed by atoms with Gasteiger partial charge in [-0.05, 0) is 26.0 Å². The second-order valence-corrected chi connectivity index (χ2v) is 4.22. The number of aromatic carboxylic acids is 1. The summed E-state index contributed by atoms with van der Waals surface area (Å²) in [6.07, 6.45) is 0. The fourth-order valence-corrected chi connectivity index (χ4v) is 2.11. The smallest absolute Gasteiger partial charge is 0.337 e.